The summed E-state index contributed by atoms with van der Waals surface area (Å²) in [7, 11) is -3.50. The molecule has 1 aliphatic rings. The lowest BCUT2D eigenvalue weighted by molar-refractivity contribution is 0.104. The van der Waals surface area contributed by atoms with E-state index >= 15 is 0 Å². The molecule has 0 aliphatic carbocycles. The zero-order valence-electron chi connectivity index (χ0n) is 17.0. The van der Waals surface area contributed by atoms with E-state index in [1.807, 2.05) is 37.3 Å². The van der Waals surface area contributed by atoms with Crippen LogP contribution in [-0.4, -0.2) is 41.4 Å². The fraction of sp³-hybridized carbons (Fsp3) is 0.217. The van der Waals surface area contributed by atoms with Crippen molar-refractivity contribution in [3.63, 3.8) is 0 Å². The Morgan fingerprint density at radius 3 is 2.32 bits per heavy atom. The predicted molar refractivity (Wildman–Crippen MR) is 121 cm³/mol. The molecule has 0 saturated carbocycles. The molecule has 4 rings (SSSR count). The molecular weight excluding hydrogens is 434 g/mol. The third-order valence-electron chi connectivity index (χ3n) is 5.29. The van der Waals surface area contributed by atoms with Crippen LogP contribution in [0.2, 0.25) is 5.15 Å². The van der Waals surface area contributed by atoms with E-state index in [1.165, 1.54) is 34.6 Å². The van der Waals surface area contributed by atoms with Gasteiger partial charge in [-0.15, -0.1) is 0 Å². The highest BCUT2D eigenvalue weighted by molar-refractivity contribution is 7.89. The van der Waals surface area contributed by atoms with Crippen LogP contribution in [0.25, 0.3) is 11.8 Å². The van der Waals surface area contributed by atoms with Gasteiger partial charge in [0.25, 0.3) is 0 Å². The van der Waals surface area contributed by atoms with Crippen LogP contribution in [0.4, 0.5) is 0 Å². The highest BCUT2D eigenvalue weighted by atomic mass is 35.5. The fourth-order valence-corrected chi connectivity index (χ4v) is 5.42. The minimum atomic E-state index is -3.50. The number of ketones is 1. The van der Waals surface area contributed by atoms with Gasteiger partial charge in [-0.25, -0.2) is 13.1 Å². The van der Waals surface area contributed by atoms with Gasteiger partial charge in [-0.2, -0.15) is 9.40 Å². The first kappa shape index (κ1) is 21.5. The van der Waals surface area contributed by atoms with E-state index in [2.05, 4.69) is 5.10 Å². The first-order valence-corrected chi connectivity index (χ1v) is 11.8. The van der Waals surface area contributed by atoms with Gasteiger partial charge in [0.05, 0.1) is 16.3 Å². The molecule has 8 heteroatoms. The summed E-state index contributed by atoms with van der Waals surface area (Å²) >= 11 is 6.49. The van der Waals surface area contributed by atoms with Gasteiger partial charge in [0.2, 0.25) is 10.0 Å². The summed E-state index contributed by atoms with van der Waals surface area (Å²) in [6, 6.07) is 15.6. The molecule has 0 N–H and O–H groups in total. The molecule has 1 aliphatic heterocycles. The van der Waals surface area contributed by atoms with Gasteiger partial charge in [0.1, 0.15) is 5.15 Å². The zero-order valence-corrected chi connectivity index (χ0v) is 18.6. The van der Waals surface area contributed by atoms with Crippen LogP contribution in [0.5, 0.6) is 0 Å². The molecule has 1 fully saturated rings. The van der Waals surface area contributed by atoms with Crippen LogP contribution in [0.3, 0.4) is 0 Å². The first-order chi connectivity index (χ1) is 14.9. The lowest BCUT2D eigenvalue weighted by Gasteiger charge is -2.15. The average molecular weight is 456 g/mol. The van der Waals surface area contributed by atoms with Crippen molar-refractivity contribution in [1.29, 1.82) is 0 Å². The normalized spacial score (nSPS) is 15.0. The van der Waals surface area contributed by atoms with Crippen molar-refractivity contribution in [2.45, 2.75) is 24.7 Å². The summed E-state index contributed by atoms with van der Waals surface area (Å²) in [6.07, 6.45) is 4.82. The molecule has 2 heterocycles. The monoisotopic (exact) mass is 455 g/mol. The van der Waals surface area contributed by atoms with Crippen LogP contribution in [0.15, 0.2) is 65.6 Å². The largest absolute Gasteiger partial charge is 0.289 e. The number of allylic oxidation sites excluding steroid dienone is 1. The Bertz CT molecular complexity index is 1230. The van der Waals surface area contributed by atoms with Crippen molar-refractivity contribution < 1.29 is 13.2 Å². The van der Waals surface area contributed by atoms with Crippen molar-refractivity contribution in [2.75, 3.05) is 13.1 Å². The van der Waals surface area contributed by atoms with E-state index in [0.29, 0.717) is 35.1 Å². The summed E-state index contributed by atoms with van der Waals surface area (Å²) in [4.78, 5) is 12.8. The third-order valence-corrected chi connectivity index (χ3v) is 7.57. The molecule has 0 unspecified atom stereocenters. The van der Waals surface area contributed by atoms with Crippen molar-refractivity contribution in [3.05, 3.63) is 82.6 Å². The number of hydrogen-bond donors (Lipinski definition) is 0. The van der Waals surface area contributed by atoms with Gasteiger partial charge in [-0.3, -0.25) is 4.79 Å². The van der Waals surface area contributed by atoms with E-state index in [-0.39, 0.29) is 10.7 Å². The molecule has 31 heavy (non-hydrogen) atoms. The van der Waals surface area contributed by atoms with E-state index < -0.39 is 10.0 Å². The van der Waals surface area contributed by atoms with Gasteiger partial charge in [-0.1, -0.05) is 29.8 Å². The van der Waals surface area contributed by atoms with Crippen molar-refractivity contribution >= 4 is 33.5 Å². The number of hydrogen-bond acceptors (Lipinski definition) is 4. The molecule has 1 saturated heterocycles. The van der Waals surface area contributed by atoms with E-state index in [0.717, 1.165) is 18.5 Å². The molecule has 0 atom stereocenters. The number of rotatable bonds is 6. The quantitative estimate of drug-likeness (QED) is 0.405. The van der Waals surface area contributed by atoms with E-state index in [9.17, 15) is 13.2 Å². The summed E-state index contributed by atoms with van der Waals surface area (Å²) < 4.78 is 28.4. The number of benzene rings is 2. The highest BCUT2D eigenvalue weighted by Crippen LogP contribution is 2.25. The van der Waals surface area contributed by atoms with E-state index in [1.54, 1.807) is 10.8 Å². The maximum atomic E-state index is 12.6. The maximum Gasteiger partial charge on any atom is 0.243 e. The summed E-state index contributed by atoms with van der Waals surface area (Å²) in [6.45, 7) is 2.92. The van der Waals surface area contributed by atoms with Crippen LogP contribution in [-0.2, 0) is 10.0 Å². The number of halogens is 1. The number of aryl methyl sites for hydroxylation is 1. The Kier molecular flexibility index (Phi) is 6.09. The van der Waals surface area contributed by atoms with Crippen molar-refractivity contribution in [3.8, 4) is 5.69 Å². The Morgan fingerprint density at radius 1 is 1.03 bits per heavy atom. The minimum Gasteiger partial charge on any atom is -0.289 e. The lowest BCUT2D eigenvalue weighted by atomic mass is 10.1. The van der Waals surface area contributed by atoms with Crippen LogP contribution < -0.4 is 0 Å². The van der Waals surface area contributed by atoms with Crippen LogP contribution in [0, 0.1) is 6.92 Å². The number of carbonyl (C=O) groups is 1. The Labute approximate surface area is 186 Å². The highest BCUT2D eigenvalue weighted by Gasteiger charge is 2.27. The maximum absolute atomic E-state index is 12.6. The molecule has 3 aromatic rings. The second-order valence-corrected chi connectivity index (χ2v) is 9.67. The van der Waals surface area contributed by atoms with Crippen molar-refractivity contribution in [1.82, 2.24) is 14.1 Å². The Balaban J connectivity index is 1.53. The van der Waals surface area contributed by atoms with E-state index in [4.69, 9.17) is 11.6 Å². The van der Waals surface area contributed by atoms with Gasteiger partial charge >= 0.3 is 0 Å². The van der Waals surface area contributed by atoms with Crippen molar-refractivity contribution in [2.24, 2.45) is 0 Å². The molecule has 2 aromatic carbocycles. The number of nitrogens with zero attached hydrogens (tertiary/aromatic N) is 3. The van der Waals surface area contributed by atoms with Crippen LogP contribution in [0.1, 0.15) is 34.5 Å². The second kappa shape index (κ2) is 8.78. The molecule has 0 radical (unpaired) electrons. The molecule has 160 valence electrons. The molecule has 0 amide bonds. The Morgan fingerprint density at radius 2 is 1.68 bits per heavy atom. The lowest BCUT2D eigenvalue weighted by Crippen LogP contribution is -2.27. The van der Waals surface area contributed by atoms with Gasteiger partial charge < -0.3 is 0 Å². The summed E-state index contributed by atoms with van der Waals surface area (Å²) in [5, 5.41) is 4.87. The molecule has 0 spiro atoms. The number of carbonyl (C=O) groups excluding carboxylic acids is 1. The number of sulfonamides is 1. The Hall–Kier alpha value is -2.74. The number of para-hydroxylation sites is 1. The topological polar surface area (TPSA) is 72.3 Å². The van der Waals surface area contributed by atoms with Gasteiger partial charge in [-0.05, 0) is 68.3 Å². The third kappa shape index (κ3) is 4.35. The van der Waals surface area contributed by atoms with Crippen LogP contribution >= 0.6 is 11.6 Å². The molecule has 6 nitrogen and oxygen atoms in total. The predicted octanol–water partition coefficient (Wildman–Crippen LogP) is 4.51. The first-order valence-electron chi connectivity index (χ1n) is 10.0. The smallest absolute Gasteiger partial charge is 0.243 e. The summed E-state index contributed by atoms with van der Waals surface area (Å²) in [5.41, 5.74) is 2.59. The van der Waals surface area contributed by atoms with Gasteiger partial charge in [0, 0.05) is 24.2 Å². The second-order valence-electron chi connectivity index (χ2n) is 7.37. The molecule has 1 aromatic heterocycles. The SMILES string of the molecule is Cc1nn(-c2ccccc2)c(Cl)c1/C=C/C(=O)c1ccc(S(=O)(=O)N2CCCC2)cc1. The summed E-state index contributed by atoms with van der Waals surface area (Å²) in [5.74, 6) is -0.243. The minimum absolute atomic E-state index is 0.206. The zero-order chi connectivity index (χ0) is 22.0. The van der Waals surface area contributed by atoms with Gasteiger partial charge in [0.15, 0.2) is 5.78 Å². The number of aromatic nitrogens is 2. The standard InChI is InChI=1S/C23H22ClN3O3S/c1-17-21(23(24)27(25-17)19-7-3-2-4-8-19)13-14-22(28)18-9-11-20(12-10-18)31(29,30)26-15-5-6-16-26/h2-4,7-14H,5-6,15-16H2,1H3/b14-13+. The average Bonchev–Trinajstić information content (AvgIpc) is 3.42. The molecular formula is C23H22ClN3O3S. The molecule has 0 bridgehead atoms. The fourth-order valence-electron chi connectivity index (χ4n) is 3.56.